The molecule has 0 amide bonds. The number of benzene rings is 2. The number of aryl methyl sites for hydroxylation is 1. The van der Waals surface area contributed by atoms with Crippen LogP contribution in [-0.4, -0.2) is 41.7 Å². The zero-order chi connectivity index (χ0) is 22.6. The first-order chi connectivity index (χ1) is 15.7. The molecule has 1 aliphatic heterocycles. The van der Waals surface area contributed by atoms with Gasteiger partial charge in [0.2, 0.25) is 0 Å². The molecule has 0 aliphatic carbocycles. The van der Waals surface area contributed by atoms with Gasteiger partial charge >= 0.3 is 5.97 Å². The number of unbranched alkanes of at least 4 members (excludes halogenated alkanes) is 3. The van der Waals surface area contributed by atoms with Crippen LogP contribution in [0, 0.1) is 0 Å². The molecule has 0 saturated carbocycles. The number of hydrogen-bond donors (Lipinski definition) is 1. The Hall–Kier alpha value is -2.17. The number of nitrogens with zero attached hydrogens (tertiary/aromatic N) is 1. The largest absolute Gasteiger partial charge is 0.481 e. The molecule has 1 fully saturated rings. The molecule has 0 bridgehead atoms. The lowest BCUT2D eigenvalue weighted by Crippen LogP contribution is -2.38. The van der Waals surface area contributed by atoms with Crippen LogP contribution in [0.3, 0.4) is 0 Å². The molecule has 1 heterocycles. The molecule has 1 saturated heterocycles. The number of carboxylic acids is 1. The summed E-state index contributed by atoms with van der Waals surface area (Å²) in [7, 11) is 0. The van der Waals surface area contributed by atoms with Crippen molar-refractivity contribution in [3.8, 4) is 0 Å². The predicted molar refractivity (Wildman–Crippen MR) is 130 cm³/mol. The fraction of sp³-hybridized carbons (Fsp3) is 0.536. The summed E-state index contributed by atoms with van der Waals surface area (Å²) in [5.74, 6) is -0.683. The van der Waals surface area contributed by atoms with Crippen molar-refractivity contribution in [1.82, 2.24) is 4.90 Å². The highest BCUT2D eigenvalue weighted by Gasteiger charge is 2.24. The van der Waals surface area contributed by atoms with E-state index in [1.54, 1.807) is 0 Å². The molecule has 174 valence electrons. The molecular weight excluding hydrogens is 398 g/mol. The highest BCUT2D eigenvalue weighted by molar-refractivity contribution is 5.66. The molecular formula is C28H39NO3. The van der Waals surface area contributed by atoms with Crippen molar-refractivity contribution in [1.29, 1.82) is 0 Å². The quantitative estimate of drug-likeness (QED) is 0.377. The van der Waals surface area contributed by atoms with E-state index < -0.39 is 5.97 Å². The summed E-state index contributed by atoms with van der Waals surface area (Å²) < 4.78 is 6.71. The summed E-state index contributed by atoms with van der Waals surface area (Å²) in [4.78, 5) is 13.1. The highest BCUT2D eigenvalue weighted by atomic mass is 16.5. The minimum atomic E-state index is -0.683. The van der Waals surface area contributed by atoms with Crippen LogP contribution in [0.1, 0.15) is 81.1 Å². The third-order valence-electron chi connectivity index (χ3n) is 6.40. The maximum atomic E-state index is 10.6. The molecule has 2 aromatic carbocycles. The average Bonchev–Trinajstić information content (AvgIpc) is 2.82. The third kappa shape index (κ3) is 8.07. The number of rotatable bonds is 13. The van der Waals surface area contributed by atoms with Crippen molar-refractivity contribution >= 4 is 5.97 Å². The molecule has 1 N–H and O–H groups in total. The van der Waals surface area contributed by atoms with E-state index >= 15 is 0 Å². The smallest absolute Gasteiger partial charge is 0.303 e. The molecule has 1 atom stereocenters. The second-order valence-electron chi connectivity index (χ2n) is 9.02. The van der Waals surface area contributed by atoms with Gasteiger partial charge in [0.05, 0.1) is 6.10 Å². The van der Waals surface area contributed by atoms with Gasteiger partial charge in [0, 0.05) is 19.5 Å². The van der Waals surface area contributed by atoms with Crippen LogP contribution in [0.2, 0.25) is 0 Å². The SMILES string of the molecule is CCCc1ccc(C(OC2CCN(CCCCCCC(=O)O)CC2)c2ccccc2)cc1. The Balaban J connectivity index is 1.49. The fourth-order valence-corrected chi connectivity index (χ4v) is 4.55. The second kappa shape index (κ2) is 13.4. The van der Waals surface area contributed by atoms with Crippen LogP contribution in [0.15, 0.2) is 54.6 Å². The molecule has 4 nitrogen and oxygen atoms in total. The van der Waals surface area contributed by atoms with Gasteiger partial charge in [-0.05, 0) is 55.3 Å². The number of aliphatic carboxylic acids is 1. The Labute approximate surface area is 193 Å². The van der Waals surface area contributed by atoms with Crippen molar-refractivity contribution in [2.24, 2.45) is 0 Å². The molecule has 4 heteroatoms. The van der Waals surface area contributed by atoms with E-state index in [-0.39, 0.29) is 12.2 Å². The Bertz CT molecular complexity index is 782. The fourth-order valence-electron chi connectivity index (χ4n) is 4.55. The number of ether oxygens (including phenoxy) is 1. The first-order valence-corrected chi connectivity index (χ1v) is 12.4. The van der Waals surface area contributed by atoms with E-state index in [2.05, 4.69) is 66.4 Å². The third-order valence-corrected chi connectivity index (χ3v) is 6.40. The number of hydrogen-bond acceptors (Lipinski definition) is 3. The average molecular weight is 438 g/mol. The summed E-state index contributed by atoms with van der Waals surface area (Å²) >= 11 is 0. The minimum absolute atomic E-state index is 0.0161. The molecule has 0 radical (unpaired) electrons. The topological polar surface area (TPSA) is 49.8 Å². The van der Waals surface area contributed by atoms with E-state index in [0.29, 0.717) is 6.42 Å². The van der Waals surface area contributed by atoms with Crippen LogP contribution in [0.4, 0.5) is 0 Å². The van der Waals surface area contributed by atoms with Crippen molar-refractivity contribution in [2.45, 2.75) is 76.9 Å². The van der Waals surface area contributed by atoms with Gasteiger partial charge in [0.1, 0.15) is 6.10 Å². The number of likely N-dealkylation sites (tertiary alicyclic amines) is 1. The monoisotopic (exact) mass is 437 g/mol. The lowest BCUT2D eigenvalue weighted by molar-refractivity contribution is -0.137. The van der Waals surface area contributed by atoms with E-state index in [0.717, 1.165) is 64.6 Å². The summed E-state index contributed by atoms with van der Waals surface area (Å²) in [6.45, 7) is 5.49. The molecule has 0 spiro atoms. The summed E-state index contributed by atoms with van der Waals surface area (Å²) in [6.07, 6.45) is 9.07. The van der Waals surface area contributed by atoms with Gasteiger partial charge in [-0.15, -0.1) is 0 Å². The normalized spacial score (nSPS) is 16.2. The van der Waals surface area contributed by atoms with Gasteiger partial charge in [-0.25, -0.2) is 0 Å². The molecule has 3 rings (SSSR count). The molecule has 2 aromatic rings. The standard InChI is InChI=1S/C28H39NO3/c1-2-10-23-14-16-25(17-15-23)28(24-11-6-5-7-12-24)32-26-18-21-29(22-19-26)20-9-4-3-8-13-27(30)31/h5-7,11-12,14-17,26,28H,2-4,8-10,13,18-22H2,1H3,(H,30,31). The summed E-state index contributed by atoms with van der Waals surface area (Å²) in [5.41, 5.74) is 3.85. The van der Waals surface area contributed by atoms with E-state index in [9.17, 15) is 4.79 Å². The van der Waals surface area contributed by atoms with Gasteiger partial charge in [0.25, 0.3) is 0 Å². The lowest BCUT2D eigenvalue weighted by atomic mass is 9.98. The minimum Gasteiger partial charge on any atom is -0.481 e. The summed E-state index contributed by atoms with van der Waals surface area (Å²) in [5, 5.41) is 8.72. The van der Waals surface area contributed by atoms with Crippen molar-refractivity contribution in [3.05, 3.63) is 71.3 Å². The predicted octanol–water partition coefficient (Wildman–Crippen LogP) is 6.24. The molecule has 1 aliphatic rings. The van der Waals surface area contributed by atoms with Crippen molar-refractivity contribution in [3.63, 3.8) is 0 Å². The van der Waals surface area contributed by atoms with E-state index in [4.69, 9.17) is 9.84 Å². The van der Waals surface area contributed by atoms with Gasteiger partial charge in [-0.3, -0.25) is 4.79 Å². The summed E-state index contributed by atoms with van der Waals surface area (Å²) in [6, 6.07) is 19.6. The van der Waals surface area contributed by atoms with Crippen molar-refractivity contribution in [2.75, 3.05) is 19.6 Å². The lowest BCUT2D eigenvalue weighted by Gasteiger charge is -2.34. The molecule has 1 unspecified atom stereocenters. The maximum Gasteiger partial charge on any atom is 0.303 e. The Morgan fingerprint density at radius 2 is 1.62 bits per heavy atom. The van der Waals surface area contributed by atoms with Crippen LogP contribution in [0.25, 0.3) is 0 Å². The van der Waals surface area contributed by atoms with E-state index in [1.165, 1.54) is 23.1 Å². The van der Waals surface area contributed by atoms with Crippen LogP contribution in [0.5, 0.6) is 0 Å². The first kappa shape index (κ1) is 24.5. The second-order valence-corrected chi connectivity index (χ2v) is 9.02. The van der Waals surface area contributed by atoms with Crippen molar-refractivity contribution < 1.29 is 14.6 Å². The van der Waals surface area contributed by atoms with Gasteiger partial charge < -0.3 is 14.7 Å². The van der Waals surface area contributed by atoms with Crippen LogP contribution < -0.4 is 0 Å². The first-order valence-electron chi connectivity index (χ1n) is 12.4. The Morgan fingerprint density at radius 3 is 2.28 bits per heavy atom. The number of piperidine rings is 1. The van der Waals surface area contributed by atoms with Crippen LogP contribution >= 0.6 is 0 Å². The molecule has 0 aromatic heterocycles. The Morgan fingerprint density at radius 1 is 0.969 bits per heavy atom. The van der Waals surface area contributed by atoms with E-state index in [1.807, 2.05) is 0 Å². The molecule has 32 heavy (non-hydrogen) atoms. The zero-order valence-corrected chi connectivity index (χ0v) is 19.5. The number of carbonyl (C=O) groups is 1. The van der Waals surface area contributed by atoms with Crippen LogP contribution in [-0.2, 0) is 16.0 Å². The van der Waals surface area contributed by atoms with Gasteiger partial charge in [0.15, 0.2) is 0 Å². The van der Waals surface area contributed by atoms with Gasteiger partial charge in [-0.1, -0.05) is 80.8 Å². The number of carboxylic acid groups (broad SMARTS) is 1. The Kier molecular flexibility index (Phi) is 10.2. The zero-order valence-electron chi connectivity index (χ0n) is 19.5. The highest BCUT2D eigenvalue weighted by Crippen LogP contribution is 2.30. The van der Waals surface area contributed by atoms with Gasteiger partial charge in [-0.2, -0.15) is 0 Å². The maximum absolute atomic E-state index is 10.6.